The average Bonchev–Trinajstić information content (AvgIpc) is 2.63. The number of carbonyl (C=O) groups is 2. The first-order valence-electron chi connectivity index (χ1n) is 8.84. The van der Waals surface area contributed by atoms with Crippen molar-refractivity contribution in [3.05, 3.63) is 65.2 Å². The first-order valence-corrected chi connectivity index (χ1v) is 8.84. The van der Waals surface area contributed by atoms with Crippen LogP contribution in [0.1, 0.15) is 29.5 Å². The standard InChI is InChI=1S/C21H24N2O2/c1-16-6-2-3-7-17(16)10-12-20(24)22-14-15-23-19-9-5-4-8-18(19)11-13-21(23)25/h2-9H,10-15H2,1H3,(H,22,24). The number of nitrogens with one attached hydrogen (secondary N) is 1. The van der Waals surface area contributed by atoms with Crippen LogP contribution >= 0.6 is 0 Å². The molecule has 2 aromatic carbocycles. The van der Waals surface area contributed by atoms with E-state index >= 15 is 0 Å². The van der Waals surface area contributed by atoms with E-state index in [1.54, 1.807) is 4.90 Å². The number of carbonyl (C=O) groups excluding carboxylic acids is 2. The number of amides is 2. The summed E-state index contributed by atoms with van der Waals surface area (Å²) < 4.78 is 0. The Hall–Kier alpha value is -2.62. The minimum absolute atomic E-state index is 0.0287. The van der Waals surface area contributed by atoms with Crippen LogP contribution in [0.4, 0.5) is 5.69 Å². The predicted octanol–water partition coefficient (Wildman–Crippen LogP) is 3.02. The average molecular weight is 336 g/mol. The van der Waals surface area contributed by atoms with Crippen LogP contribution in [-0.4, -0.2) is 24.9 Å². The Balaban J connectivity index is 1.49. The van der Waals surface area contributed by atoms with Gasteiger partial charge in [0.05, 0.1) is 0 Å². The molecule has 1 aliphatic heterocycles. The van der Waals surface area contributed by atoms with E-state index in [1.807, 2.05) is 30.3 Å². The van der Waals surface area contributed by atoms with E-state index in [0.29, 0.717) is 25.9 Å². The lowest BCUT2D eigenvalue weighted by atomic mass is 10.0. The van der Waals surface area contributed by atoms with Crippen LogP contribution in [0.25, 0.3) is 0 Å². The molecule has 0 spiro atoms. The van der Waals surface area contributed by atoms with Crippen LogP contribution in [-0.2, 0) is 22.4 Å². The monoisotopic (exact) mass is 336 g/mol. The largest absolute Gasteiger partial charge is 0.354 e. The summed E-state index contributed by atoms with van der Waals surface area (Å²) in [6.45, 7) is 3.06. The van der Waals surface area contributed by atoms with E-state index in [2.05, 4.69) is 30.4 Å². The molecule has 0 radical (unpaired) electrons. The lowest BCUT2D eigenvalue weighted by Gasteiger charge is -2.29. The highest BCUT2D eigenvalue weighted by molar-refractivity contribution is 5.96. The molecule has 4 nitrogen and oxygen atoms in total. The highest BCUT2D eigenvalue weighted by atomic mass is 16.2. The number of hydrogen-bond donors (Lipinski definition) is 1. The summed E-state index contributed by atoms with van der Waals surface area (Å²) in [5, 5.41) is 2.94. The van der Waals surface area contributed by atoms with Gasteiger partial charge in [0.15, 0.2) is 0 Å². The van der Waals surface area contributed by atoms with Gasteiger partial charge < -0.3 is 10.2 Å². The molecule has 1 N–H and O–H groups in total. The van der Waals surface area contributed by atoms with Crippen molar-refractivity contribution in [1.82, 2.24) is 5.32 Å². The third-order valence-electron chi connectivity index (χ3n) is 4.73. The molecular formula is C21H24N2O2. The van der Waals surface area contributed by atoms with Gasteiger partial charge in [0.2, 0.25) is 11.8 Å². The Morgan fingerprint density at radius 3 is 2.68 bits per heavy atom. The molecule has 0 atom stereocenters. The van der Waals surface area contributed by atoms with Gasteiger partial charge in [-0.15, -0.1) is 0 Å². The fourth-order valence-electron chi connectivity index (χ4n) is 3.28. The maximum atomic E-state index is 12.2. The molecule has 1 aliphatic rings. The fourth-order valence-corrected chi connectivity index (χ4v) is 3.28. The fraction of sp³-hybridized carbons (Fsp3) is 0.333. The molecule has 2 aromatic rings. The quantitative estimate of drug-likeness (QED) is 0.881. The molecule has 1 heterocycles. The van der Waals surface area contributed by atoms with E-state index in [1.165, 1.54) is 16.7 Å². The Labute approximate surface area is 148 Å². The number of aryl methyl sites for hydroxylation is 3. The van der Waals surface area contributed by atoms with Crippen molar-refractivity contribution in [2.45, 2.75) is 32.6 Å². The van der Waals surface area contributed by atoms with E-state index in [9.17, 15) is 9.59 Å². The van der Waals surface area contributed by atoms with E-state index < -0.39 is 0 Å². The molecule has 130 valence electrons. The number of rotatable bonds is 6. The summed E-state index contributed by atoms with van der Waals surface area (Å²) in [5.41, 5.74) is 4.60. The van der Waals surface area contributed by atoms with Gasteiger partial charge in [-0.25, -0.2) is 0 Å². The van der Waals surface area contributed by atoms with Gasteiger partial charge in [0.1, 0.15) is 0 Å². The molecule has 0 unspecified atom stereocenters. The summed E-state index contributed by atoms with van der Waals surface area (Å²) >= 11 is 0. The zero-order chi connectivity index (χ0) is 17.6. The van der Waals surface area contributed by atoms with Crippen molar-refractivity contribution in [3.8, 4) is 0 Å². The summed E-state index contributed by atoms with van der Waals surface area (Å²) in [6, 6.07) is 16.1. The molecule has 3 rings (SSSR count). The van der Waals surface area contributed by atoms with Crippen molar-refractivity contribution >= 4 is 17.5 Å². The van der Waals surface area contributed by atoms with Crippen LogP contribution in [0.15, 0.2) is 48.5 Å². The molecule has 4 heteroatoms. The van der Waals surface area contributed by atoms with Gasteiger partial charge in [0.25, 0.3) is 0 Å². The van der Waals surface area contributed by atoms with Gasteiger partial charge in [-0.2, -0.15) is 0 Å². The number of hydrogen-bond acceptors (Lipinski definition) is 2. The second-order valence-corrected chi connectivity index (χ2v) is 6.45. The highest BCUT2D eigenvalue weighted by Crippen LogP contribution is 2.26. The first kappa shape index (κ1) is 17.2. The maximum absolute atomic E-state index is 12.2. The predicted molar refractivity (Wildman–Crippen MR) is 99.6 cm³/mol. The molecule has 0 fully saturated rings. The minimum atomic E-state index is 0.0287. The Bertz CT molecular complexity index is 770. The maximum Gasteiger partial charge on any atom is 0.227 e. The number of anilines is 1. The second kappa shape index (κ2) is 7.97. The summed E-state index contributed by atoms with van der Waals surface area (Å²) in [7, 11) is 0. The van der Waals surface area contributed by atoms with Crippen LogP contribution < -0.4 is 10.2 Å². The van der Waals surface area contributed by atoms with Crippen molar-refractivity contribution in [2.24, 2.45) is 0 Å². The van der Waals surface area contributed by atoms with E-state index in [4.69, 9.17) is 0 Å². The van der Waals surface area contributed by atoms with Gasteiger partial charge >= 0.3 is 0 Å². The van der Waals surface area contributed by atoms with Crippen LogP contribution in [0.5, 0.6) is 0 Å². The molecule has 0 aromatic heterocycles. The van der Waals surface area contributed by atoms with Crippen molar-refractivity contribution < 1.29 is 9.59 Å². The zero-order valence-electron chi connectivity index (χ0n) is 14.6. The second-order valence-electron chi connectivity index (χ2n) is 6.45. The van der Waals surface area contributed by atoms with Gasteiger partial charge in [-0.05, 0) is 42.5 Å². The number of nitrogens with zero attached hydrogens (tertiary/aromatic N) is 1. The molecular weight excluding hydrogens is 312 g/mol. The summed E-state index contributed by atoms with van der Waals surface area (Å²) in [5.74, 6) is 0.161. The number of para-hydroxylation sites is 1. The first-order chi connectivity index (χ1) is 12.1. The van der Waals surface area contributed by atoms with Crippen LogP contribution in [0.2, 0.25) is 0 Å². The lowest BCUT2D eigenvalue weighted by Crippen LogP contribution is -2.41. The van der Waals surface area contributed by atoms with Gasteiger partial charge in [-0.3, -0.25) is 9.59 Å². The lowest BCUT2D eigenvalue weighted by molar-refractivity contribution is -0.121. The number of fused-ring (bicyclic) bond motifs is 1. The molecule has 0 bridgehead atoms. The van der Waals surface area contributed by atoms with Crippen LogP contribution in [0.3, 0.4) is 0 Å². The van der Waals surface area contributed by atoms with Gasteiger partial charge in [-0.1, -0.05) is 42.5 Å². The Morgan fingerprint density at radius 1 is 1.08 bits per heavy atom. The summed E-state index contributed by atoms with van der Waals surface area (Å²) in [4.78, 5) is 26.1. The van der Waals surface area contributed by atoms with Gasteiger partial charge in [0, 0.05) is 31.6 Å². The molecule has 25 heavy (non-hydrogen) atoms. The highest BCUT2D eigenvalue weighted by Gasteiger charge is 2.23. The molecule has 0 saturated heterocycles. The zero-order valence-corrected chi connectivity index (χ0v) is 14.6. The Kier molecular flexibility index (Phi) is 5.49. The van der Waals surface area contributed by atoms with Crippen molar-refractivity contribution in [2.75, 3.05) is 18.0 Å². The normalized spacial score (nSPS) is 13.5. The van der Waals surface area contributed by atoms with Crippen LogP contribution in [0, 0.1) is 6.92 Å². The third-order valence-corrected chi connectivity index (χ3v) is 4.73. The number of benzene rings is 2. The van der Waals surface area contributed by atoms with E-state index in [-0.39, 0.29) is 11.8 Å². The smallest absolute Gasteiger partial charge is 0.227 e. The minimum Gasteiger partial charge on any atom is -0.354 e. The molecule has 0 saturated carbocycles. The molecule has 2 amide bonds. The topological polar surface area (TPSA) is 49.4 Å². The Morgan fingerprint density at radius 2 is 1.84 bits per heavy atom. The van der Waals surface area contributed by atoms with Crippen molar-refractivity contribution in [1.29, 1.82) is 0 Å². The van der Waals surface area contributed by atoms with Crippen molar-refractivity contribution in [3.63, 3.8) is 0 Å². The SMILES string of the molecule is Cc1ccccc1CCC(=O)NCCN1C(=O)CCc2ccccc21. The molecule has 0 aliphatic carbocycles. The summed E-state index contributed by atoms with van der Waals surface area (Å²) in [6.07, 6.45) is 2.55. The van der Waals surface area contributed by atoms with E-state index in [0.717, 1.165) is 18.5 Å². The third kappa shape index (κ3) is 4.27.